The monoisotopic (exact) mass is 251 g/mol. The summed E-state index contributed by atoms with van der Waals surface area (Å²) < 4.78 is 1.89. The number of nitrogens with zero attached hydrogens (tertiary/aromatic N) is 3. The summed E-state index contributed by atoms with van der Waals surface area (Å²) in [6, 6.07) is 1.93. The van der Waals surface area contributed by atoms with E-state index >= 15 is 0 Å². The van der Waals surface area contributed by atoms with E-state index in [0.29, 0.717) is 0 Å². The van der Waals surface area contributed by atoms with Crippen LogP contribution in [0.5, 0.6) is 0 Å². The molecule has 1 unspecified atom stereocenters. The molecule has 102 valence electrons. The molecule has 1 aliphatic rings. The highest BCUT2D eigenvalue weighted by Crippen LogP contribution is 2.32. The zero-order chi connectivity index (χ0) is 13.2. The van der Waals surface area contributed by atoms with Gasteiger partial charge in [-0.15, -0.1) is 0 Å². The third-order valence-electron chi connectivity index (χ3n) is 4.17. The fourth-order valence-electron chi connectivity index (χ4n) is 2.84. The number of hydrogen-bond donors (Lipinski definition) is 1. The van der Waals surface area contributed by atoms with Crippen LogP contribution in [0.4, 0.5) is 0 Å². The van der Waals surface area contributed by atoms with Gasteiger partial charge < -0.3 is 5.11 Å². The van der Waals surface area contributed by atoms with Crippen molar-refractivity contribution in [2.75, 3.05) is 13.1 Å². The summed E-state index contributed by atoms with van der Waals surface area (Å²) >= 11 is 0. The maximum absolute atomic E-state index is 10.7. The van der Waals surface area contributed by atoms with Crippen molar-refractivity contribution in [2.45, 2.75) is 58.2 Å². The van der Waals surface area contributed by atoms with Crippen LogP contribution in [0.1, 0.15) is 51.8 Å². The Morgan fingerprint density at radius 1 is 1.33 bits per heavy atom. The van der Waals surface area contributed by atoms with Crippen molar-refractivity contribution in [3.63, 3.8) is 0 Å². The van der Waals surface area contributed by atoms with Crippen molar-refractivity contribution in [3.05, 3.63) is 18.0 Å². The molecule has 1 N–H and O–H groups in total. The number of rotatable bonds is 4. The van der Waals surface area contributed by atoms with Gasteiger partial charge in [-0.25, -0.2) is 0 Å². The number of piperidine rings is 1. The molecule has 1 saturated heterocycles. The van der Waals surface area contributed by atoms with E-state index in [4.69, 9.17) is 0 Å². The molecule has 0 bridgehead atoms. The van der Waals surface area contributed by atoms with Crippen molar-refractivity contribution in [3.8, 4) is 0 Å². The van der Waals surface area contributed by atoms with E-state index in [0.717, 1.165) is 25.3 Å². The molecule has 1 atom stereocenters. The summed E-state index contributed by atoms with van der Waals surface area (Å²) in [4.78, 5) is 2.41. The van der Waals surface area contributed by atoms with Gasteiger partial charge in [-0.05, 0) is 52.8 Å². The van der Waals surface area contributed by atoms with Gasteiger partial charge in [0.2, 0.25) is 0 Å². The Morgan fingerprint density at radius 3 is 2.61 bits per heavy atom. The van der Waals surface area contributed by atoms with Gasteiger partial charge in [0.15, 0.2) is 0 Å². The minimum atomic E-state index is -0.488. The fraction of sp³-hybridized carbons (Fsp3) is 0.786. The average molecular weight is 251 g/mol. The van der Waals surface area contributed by atoms with Crippen molar-refractivity contribution >= 4 is 0 Å². The topological polar surface area (TPSA) is 41.3 Å². The molecule has 1 aromatic heterocycles. The molecule has 0 radical (unpaired) electrons. The van der Waals surface area contributed by atoms with Crippen LogP contribution < -0.4 is 0 Å². The molecule has 0 amide bonds. The summed E-state index contributed by atoms with van der Waals surface area (Å²) in [7, 11) is 0. The Morgan fingerprint density at radius 2 is 2.00 bits per heavy atom. The predicted octanol–water partition coefficient (Wildman–Crippen LogP) is 2.20. The Bertz CT molecular complexity index is 380. The molecule has 2 heterocycles. The summed E-state index contributed by atoms with van der Waals surface area (Å²) in [6.45, 7) is 9.30. The summed E-state index contributed by atoms with van der Waals surface area (Å²) in [5, 5.41) is 15.0. The lowest BCUT2D eigenvalue weighted by molar-refractivity contribution is -0.0250. The molecule has 1 aliphatic heterocycles. The first-order valence-electron chi connectivity index (χ1n) is 7.02. The molecule has 0 spiro atoms. The lowest BCUT2D eigenvalue weighted by Crippen LogP contribution is -2.51. The maximum Gasteiger partial charge on any atom is 0.113 e. The standard InChI is InChI=1S/C14H25N3O/c1-4-17-12(8-9-15-17)13(18)14(2,3)16-10-6-5-7-11-16/h8-9,13,18H,4-7,10-11H2,1-3H3. The molecule has 0 saturated carbocycles. The van der Waals surface area contributed by atoms with Crippen molar-refractivity contribution in [1.29, 1.82) is 0 Å². The van der Waals surface area contributed by atoms with Gasteiger partial charge in [0.05, 0.1) is 5.69 Å². The van der Waals surface area contributed by atoms with E-state index in [1.165, 1.54) is 19.3 Å². The van der Waals surface area contributed by atoms with E-state index in [9.17, 15) is 5.11 Å². The number of aliphatic hydroxyl groups excluding tert-OH is 1. The van der Waals surface area contributed by atoms with Gasteiger partial charge >= 0.3 is 0 Å². The highest BCUT2D eigenvalue weighted by molar-refractivity contribution is 5.11. The molecule has 0 aliphatic carbocycles. The van der Waals surface area contributed by atoms with Gasteiger partial charge in [-0.3, -0.25) is 9.58 Å². The van der Waals surface area contributed by atoms with Crippen molar-refractivity contribution in [1.82, 2.24) is 14.7 Å². The summed E-state index contributed by atoms with van der Waals surface area (Å²) in [5.41, 5.74) is 0.695. The quantitative estimate of drug-likeness (QED) is 0.892. The summed E-state index contributed by atoms with van der Waals surface area (Å²) in [6.07, 6.45) is 5.08. The number of hydrogen-bond acceptors (Lipinski definition) is 3. The minimum absolute atomic E-state index is 0.229. The van der Waals surface area contributed by atoms with Crippen LogP contribution in [-0.4, -0.2) is 38.4 Å². The molecule has 0 aromatic carbocycles. The number of likely N-dealkylation sites (tertiary alicyclic amines) is 1. The largest absolute Gasteiger partial charge is 0.385 e. The average Bonchev–Trinajstić information content (AvgIpc) is 2.87. The maximum atomic E-state index is 10.7. The zero-order valence-electron chi connectivity index (χ0n) is 11.8. The second-order valence-corrected chi connectivity index (χ2v) is 5.68. The van der Waals surface area contributed by atoms with Gasteiger partial charge in [-0.1, -0.05) is 6.42 Å². The number of aliphatic hydroxyl groups is 1. The first-order chi connectivity index (χ1) is 8.57. The SMILES string of the molecule is CCn1nccc1C(O)C(C)(C)N1CCCCC1. The molecule has 2 rings (SSSR count). The van der Waals surface area contributed by atoms with Crippen LogP contribution >= 0.6 is 0 Å². The lowest BCUT2D eigenvalue weighted by Gasteiger charge is -2.43. The Kier molecular flexibility index (Phi) is 4.07. The second kappa shape index (κ2) is 5.41. The molecule has 1 aromatic rings. The number of aromatic nitrogens is 2. The Hall–Kier alpha value is -0.870. The van der Waals surface area contributed by atoms with Crippen LogP contribution in [0.3, 0.4) is 0 Å². The predicted molar refractivity (Wildman–Crippen MR) is 72.4 cm³/mol. The number of aryl methyl sites for hydroxylation is 1. The smallest absolute Gasteiger partial charge is 0.113 e. The molecular formula is C14H25N3O. The van der Waals surface area contributed by atoms with E-state index in [1.807, 2.05) is 10.7 Å². The third-order valence-corrected chi connectivity index (χ3v) is 4.17. The van der Waals surface area contributed by atoms with Crippen LogP contribution in [-0.2, 0) is 6.54 Å². The third kappa shape index (κ3) is 2.45. The minimum Gasteiger partial charge on any atom is -0.385 e. The van der Waals surface area contributed by atoms with Gasteiger partial charge in [0.25, 0.3) is 0 Å². The normalized spacial score (nSPS) is 20.0. The zero-order valence-corrected chi connectivity index (χ0v) is 11.8. The van der Waals surface area contributed by atoms with Crippen LogP contribution in [0, 0.1) is 0 Å². The van der Waals surface area contributed by atoms with Crippen LogP contribution in [0.2, 0.25) is 0 Å². The molecule has 1 fully saturated rings. The van der Waals surface area contributed by atoms with E-state index < -0.39 is 6.10 Å². The van der Waals surface area contributed by atoms with Crippen LogP contribution in [0.25, 0.3) is 0 Å². The second-order valence-electron chi connectivity index (χ2n) is 5.68. The van der Waals surface area contributed by atoms with Gasteiger partial charge in [0.1, 0.15) is 6.10 Å². The first-order valence-corrected chi connectivity index (χ1v) is 7.02. The molecule has 4 nitrogen and oxygen atoms in total. The van der Waals surface area contributed by atoms with Gasteiger partial charge in [0, 0.05) is 18.3 Å². The van der Waals surface area contributed by atoms with Gasteiger partial charge in [-0.2, -0.15) is 5.10 Å². The van der Waals surface area contributed by atoms with E-state index in [2.05, 4.69) is 30.8 Å². The summed E-state index contributed by atoms with van der Waals surface area (Å²) in [5.74, 6) is 0. The Balaban J connectivity index is 2.17. The lowest BCUT2D eigenvalue weighted by atomic mass is 9.90. The fourth-order valence-corrected chi connectivity index (χ4v) is 2.84. The molecular weight excluding hydrogens is 226 g/mol. The Labute approximate surface area is 110 Å². The highest BCUT2D eigenvalue weighted by atomic mass is 16.3. The molecule has 18 heavy (non-hydrogen) atoms. The van der Waals surface area contributed by atoms with Crippen molar-refractivity contribution < 1.29 is 5.11 Å². The molecule has 4 heteroatoms. The first kappa shape index (κ1) is 13.6. The van der Waals surface area contributed by atoms with E-state index in [-0.39, 0.29) is 5.54 Å². The highest BCUT2D eigenvalue weighted by Gasteiger charge is 2.37. The van der Waals surface area contributed by atoms with Crippen molar-refractivity contribution in [2.24, 2.45) is 0 Å². The van der Waals surface area contributed by atoms with E-state index in [1.54, 1.807) is 6.20 Å². The van der Waals surface area contributed by atoms with Crippen LogP contribution in [0.15, 0.2) is 12.3 Å².